The Kier molecular flexibility index (Phi) is 7.31. The van der Waals surface area contributed by atoms with Gasteiger partial charge in [-0.25, -0.2) is 8.42 Å². The number of piperidine rings is 1. The Labute approximate surface area is 207 Å². The highest BCUT2D eigenvalue weighted by atomic mass is 35.5. The molecule has 174 valence electrons. The predicted octanol–water partition coefficient (Wildman–Crippen LogP) is 5.32. The van der Waals surface area contributed by atoms with Crippen molar-refractivity contribution in [3.8, 4) is 0 Å². The van der Waals surface area contributed by atoms with Crippen molar-refractivity contribution in [3.63, 3.8) is 0 Å². The number of amides is 1. The van der Waals surface area contributed by atoms with Crippen molar-refractivity contribution in [2.24, 2.45) is 0 Å². The first-order chi connectivity index (χ1) is 15.7. The zero-order valence-corrected chi connectivity index (χ0v) is 20.6. The van der Waals surface area contributed by atoms with Crippen molar-refractivity contribution in [2.75, 3.05) is 18.4 Å². The van der Waals surface area contributed by atoms with Gasteiger partial charge < -0.3 is 5.32 Å². The summed E-state index contributed by atoms with van der Waals surface area (Å²) in [6.45, 7) is 1.32. The lowest BCUT2D eigenvalue weighted by atomic mass is 10.2. The lowest BCUT2D eigenvalue weighted by molar-refractivity contribution is 0.102. The maximum absolute atomic E-state index is 13.1. The number of rotatable bonds is 6. The minimum Gasteiger partial charge on any atom is -0.305 e. The molecule has 33 heavy (non-hydrogen) atoms. The Balaban J connectivity index is 1.54. The second-order valence-electron chi connectivity index (χ2n) is 7.71. The van der Waals surface area contributed by atoms with E-state index in [0.717, 1.165) is 24.8 Å². The third kappa shape index (κ3) is 5.53. The molecule has 1 N–H and O–H groups in total. The van der Waals surface area contributed by atoms with E-state index in [1.54, 1.807) is 23.0 Å². The van der Waals surface area contributed by atoms with E-state index in [2.05, 4.69) is 10.4 Å². The number of halogens is 3. The number of carbonyl (C=O) groups is 1. The van der Waals surface area contributed by atoms with Crippen LogP contribution in [0.2, 0.25) is 15.1 Å². The third-order valence-electron chi connectivity index (χ3n) is 5.31. The van der Waals surface area contributed by atoms with E-state index in [1.165, 1.54) is 16.4 Å². The third-order valence-corrected chi connectivity index (χ3v) is 8.23. The van der Waals surface area contributed by atoms with E-state index in [9.17, 15) is 13.2 Å². The highest BCUT2D eigenvalue weighted by Gasteiger charge is 2.30. The molecule has 0 saturated carbocycles. The number of sulfonamides is 1. The standard InChI is InChI=1S/C22H21Cl3N4O3S/c23-16-6-4-5-15(11-16)14-28-10-7-21(27-28)26-22(30)17-12-20(19(25)13-18(17)24)33(31,32)29-8-2-1-3-9-29/h4-7,10-13H,1-3,8-9,14H2,(H,26,27,30). The van der Waals surface area contributed by atoms with Crippen LogP contribution in [0, 0.1) is 0 Å². The maximum atomic E-state index is 13.1. The summed E-state index contributed by atoms with van der Waals surface area (Å²) in [7, 11) is -3.84. The van der Waals surface area contributed by atoms with Crippen LogP contribution < -0.4 is 5.32 Å². The largest absolute Gasteiger partial charge is 0.305 e. The van der Waals surface area contributed by atoms with E-state index in [4.69, 9.17) is 34.8 Å². The molecule has 0 spiro atoms. The van der Waals surface area contributed by atoms with Crippen LogP contribution in [-0.2, 0) is 16.6 Å². The second kappa shape index (κ2) is 10.0. The molecule has 1 saturated heterocycles. The molecule has 1 aliphatic rings. The Hall–Kier alpha value is -2.10. The van der Waals surface area contributed by atoms with Gasteiger partial charge in [-0.2, -0.15) is 9.40 Å². The molecule has 2 aromatic carbocycles. The zero-order valence-electron chi connectivity index (χ0n) is 17.5. The number of nitrogens with zero attached hydrogens (tertiary/aromatic N) is 3. The summed E-state index contributed by atoms with van der Waals surface area (Å²) in [6, 6.07) is 11.5. The fraction of sp³-hybridized carbons (Fsp3) is 0.273. The summed E-state index contributed by atoms with van der Waals surface area (Å²) in [5.74, 6) is -0.284. The van der Waals surface area contributed by atoms with Crippen molar-refractivity contribution in [1.29, 1.82) is 0 Å². The van der Waals surface area contributed by atoms with Crippen LogP contribution in [0.4, 0.5) is 5.82 Å². The van der Waals surface area contributed by atoms with E-state index < -0.39 is 15.9 Å². The Bertz CT molecular complexity index is 1290. The van der Waals surface area contributed by atoms with Gasteiger partial charge in [0.1, 0.15) is 4.90 Å². The highest BCUT2D eigenvalue weighted by Crippen LogP contribution is 2.32. The number of benzene rings is 2. The Morgan fingerprint density at radius 1 is 1.00 bits per heavy atom. The highest BCUT2D eigenvalue weighted by molar-refractivity contribution is 7.89. The average molecular weight is 528 g/mol. The first kappa shape index (κ1) is 24.0. The van der Waals surface area contributed by atoms with E-state index in [-0.39, 0.29) is 20.5 Å². The smallest absolute Gasteiger partial charge is 0.258 e. The lowest BCUT2D eigenvalue weighted by Crippen LogP contribution is -2.35. The Morgan fingerprint density at radius 3 is 2.48 bits per heavy atom. The zero-order chi connectivity index (χ0) is 23.6. The number of nitrogens with one attached hydrogen (secondary N) is 1. The fourth-order valence-corrected chi connectivity index (χ4v) is 6.23. The quantitative estimate of drug-likeness (QED) is 0.470. The molecule has 0 atom stereocenters. The van der Waals surface area contributed by atoms with Crippen LogP contribution in [0.15, 0.2) is 53.6 Å². The number of hydrogen-bond acceptors (Lipinski definition) is 4. The average Bonchev–Trinajstić information content (AvgIpc) is 3.20. The van der Waals surface area contributed by atoms with Crippen LogP contribution >= 0.6 is 34.8 Å². The minimum atomic E-state index is -3.84. The van der Waals surface area contributed by atoms with E-state index in [1.807, 2.05) is 18.2 Å². The van der Waals surface area contributed by atoms with Crippen molar-refractivity contribution < 1.29 is 13.2 Å². The van der Waals surface area contributed by atoms with Gasteiger partial charge in [0.2, 0.25) is 10.0 Å². The molecule has 1 aliphatic heterocycles. The molecule has 0 unspecified atom stereocenters. The molecule has 1 aromatic heterocycles. The van der Waals surface area contributed by atoms with Gasteiger partial charge in [-0.15, -0.1) is 0 Å². The normalized spacial score (nSPS) is 14.9. The minimum absolute atomic E-state index is 0.000965. The molecule has 2 heterocycles. The molecular formula is C22H21Cl3N4O3S. The number of carbonyl (C=O) groups excluding carboxylic acids is 1. The molecule has 4 rings (SSSR count). The van der Waals surface area contributed by atoms with Crippen LogP contribution in [0.3, 0.4) is 0 Å². The SMILES string of the molecule is O=C(Nc1ccn(Cc2cccc(Cl)c2)n1)c1cc(S(=O)(=O)N2CCCCC2)c(Cl)cc1Cl. The van der Waals surface area contributed by atoms with E-state index >= 15 is 0 Å². The van der Waals surface area contributed by atoms with Crippen LogP contribution in [-0.4, -0.2) is 41.5 Å². The van der Waals surface area contributed by atoms with Crippen LogP contribution in [0.25, 0.3) is 0 Å². The molecule has 0 aliphatic carbocycles. The van der Waals surface area contributed by atoms with E-state index in [0.29, 0.717) is 30.5 Å². The molecule has 11 heteroatoms. The van der Waals surface area contributed by atoms with Gasteiger partial charge in [-0.1, -0.05) is 53.4 Å². The van der Waals surface area contributed by atoms with Crippen molar-refractivity contribution in [3.05, 3.63) is 74.9 Å². The number of hydrogen-bond donors (Lipinski definition) is 1. The van der Waals surface area contributed by atoms with Gasteiger partial charge in [-0.05, 0) is 42.7 Å². The summed E-state index contributed by atoms with van der Waals surface area (Å²) in [5, 5.41) is 7.65. The molecule has 1 amide bonds. The van der Waals surface area contributed by atoms with Gasteiger partial charge in [0, 0.05) is 30.4 Å². The summed E-state index contributed by atoms with van der Waals surface area (Å²) >= 11 is 18.5. The van der Waals surface area contributed by atoms with Gasteiger partial charge >= 0.3 is 0 Å². The summed E-state index contributed by atoms with van der Waals surface area (Å²) in [4.78, 5) is 12.8. The van der Waals surface area contributed by atoms with Gasteiger partial charge in [-0.3, -0.25) is 9.48 Å². The molecule has 1 fully saturated rings. The molecule has 0 bridgehead atoms. The fourth-order valence-electron chi connectivity index (χ4n) is 3.67. The van der Waals surface area contributed by atoms with Gasteiger partial charge in [0.05, 0.1) is 22.2 Å². The topological polar surface area (TPSA) is 84.3 Å². The first-order valence-electron chi connectivity index (χ1n) is 10.3. The van der Waals surface area contributed by atoms with Crippen molar-refractivity contribution in [2.45, 2.75) is 30.7 Å². The number of aromatic nitrogens is 2. The van der Waals surface area contributed by atoms with Crippen molar-refractivity contribution in [1.82, 2.24) is 14.1 Å². The van der Waals surface area contributed by atoms with Gasteiger partial charge in [0.25, 0.3) is 5.91 Å². The monoisotopic (exact) mass is 526 g/mol. The molecular weight excluding hydrogens is 507 g/mol. The number of anilines is 1. The van der Waals surface area contributed by atoms with Gasteiger partial charge in [0.15, 0.2) is 5.82 Å². The summed E-state index contributed by atoms with van der Waals surface area (Å²) in [5.41, 5.74) is 0.956. The first-order valence-corrected chi connectivity index (χ1v) is 12.9. The maximum Gasteiger partial charge on any atom is 0.258 e. The predicted molar refractivity (Wildman–Crippen MR) is 130 cm³/mol. The summed E-state index contributed by atoms with van der Waals surface area (Å²) < 4.78 is 29.2. The molecule has 0 radical (unpaired) electrons. The molecule has 7 nitrogen and oxygen atoms in total. The lowest BCUT2D eigenvalue weighted by Gasteiger charge is -2.26. The van der Waals surface area contributed by atoms with Crippen molar-refractivity contribution >= 4 is 56.6 Å². The van der Waals surface area contributed by atoms with Crippen LogP contribution in [0.5, 0.6) is 0 Å². The Morgan fingerprint density at radius 2 is 1.76 bits per heavy atom. The van der Waals surface area contributed by atoms with Crippen LogP contribution in [0.1, 0.15) is 35.2 Å². The summed E-state index contributed by atoms with van der Waals surface area (Å²) in [6.07, 6.45) is 4.27. The molecule has 3 aromatic rings. The second-order valence-corrected chi connectivity index (χ2v) is 10.9.